The predicted molar refractivity (Wildman–Crippen MR) is 55.9 cm³/mol. The van der Waals surface area contributed by atoms with Crippen molar-refractivity contribution in [3.05, 3.63) is 11.1 Å². The zero-order valence-corrected chi connectivity index (χ0v) is 9.98. The number of hydrogen-bond acceptors (Lipinski definition) is 5. The fourth-order valence-electron chi connectivity index (χ4n) is 3.21. The van der Waals surface area contributed by atoms with Crippen LogP contribution in [0.1, 0.15) is 13.3 Å². The Morgan fingerprint density at radius 3 is 2.65 bits per heavy atom. The Balaban J connectivity index is 2.08. The molecule has 0 aromatic carbocycles. The van der Waals surface area contributed by atoms with E-state index in [9.17, 15) is 9.59 Å². The molecular weight excluding hydrogens is 224 g/mol. The van der Waals surface area contributed by atoms with Gasteiger partial charge in [0, 0.05) is 5.92 Å². The quantitative estimate of drug-likeness (QED) is 0.516. The first-order valence-electron chi connectivity index (χ1n) is 5.61. The number of epoxide rings is 1. The maximum atomic E-state index is 12.0. The molecule has 5 nitrogen and oxygen atoms in total. The molecule has 1 saturated carbocycles. The fraction of sp³-hybridized carbons (Fsp3) is 0.667. The van der Waals surface area contributed by atoms with Gasteiger partial charge in [0.2, 0.25) is 0 Å². The minimum absolute atomic E-state index is 0.00520. The van der Waals surface area contributed by atoms with E-state index in [1.807, 2.05) is 6.92 Å². The van der Waals surface area contributed by atoms with Crippen LogP contribution in [-0.2, 0) is 23.8 Å². The molecule has 0 N–H and O–H groups in total. The van der Waals surface area contributed by atoms with Gasteiger partial charge in [0.1, 0.15) is 11.5 Å². The topological polar surface area (TPSA) is 65.1 Å². The smallest absolute Gasteiger partial charge is 0.334 e. The molecule has 5 heteroatoms. The van der Waals surface area contributed by atoms with Crippen molar-refractivity contribution in [1.29, 1.82) is 0 Å². The maximum absolute atomic E-state index is 12.0. The van der Waals surface area contributed by atoms with Crippen LogP contribution in [0.3, 0.4) is 0 Å². The van der Waals surface area contributed by atoms with Crippen LogP contribution in [0.25, 0.3) is 0 Å². The highest BCUT2D eigenvalue weighted by molar-refractivity contribution is 6.02. The second-order valence-electron chi connectivity index (χ2n) is 4.84. The van der Waals surface area contributed by atoms with E-state index in [0.29, 0.717) is 12.0 Å². The van der Waals surface area contributed by atoms with Crippen LogP contribution in [0.4, 0.5) is 0 Å². The van der Waals surface area contributed by atoms with E-state index in [1.54, 1.807) is 0 Å². The summed E-state index contributed by atoms with van der Waals surface area (Å²) in [6, 6.07) is 0. The summed E-state index contributed by atoms with van der Waals surface area (Å²) in [6.07, 6.45) is 0.708. The minimum atomic E-state index is -0.802. The highest BCUT2D eigenvalue weighted by Gasteiger charge is 2.76. The molecule has 3 aliphatic rings. The summed E-state index contributed by atoms with van der Waals surface area (Å²) in [6.45, 7) is 1.83. The zero-order chi connectivity index (χ0) is 12.4. The van der Waals surface area contributed by atoms with Crippen LogP contribution in [0.2, 0.25) is 0 Å². The first-order chi connectivity index (χ1) is 8.07. The molecule has 0 radical (unpaired) electrons. The Hall–Kier alpha value is -1.36. The molecule has 1 aliphatic heterocycles. The molecule has 2 fully saturated rings. The number of carbonyl (C=O) groups is 2. The van der Waals surface area contributed by atoms with Crippen molar-refractivity contribution in [2.24, 2.45) is 11.3 Å². The molecule has 0 aromatic rings. The van der Waals surface area contributed by atoms with Gasteiger partial charge in [-0.25, -0.2) is 4.79 Å². The minimum Gasteiger partial charge on any atom is -0.468 e. The van der Waals surface area contributed by atoms with Gasteiger partial charge in [0.25, 0.3) is 0 Å². The third-order valence-electron chi connectivity index (χ3n) is 4.14. The number of ether oxygens (including phenoxy) is 3. The average molecular weight is 238 g/mol. The van der Waals surface area contributed by atoms with Gasteiger partial charge >= 0.3 is 11.9 Å². The molecule has 2 aliphatic carbocycles. The lowest BCUT2D eigenvalue weighted by molar-refractivity contribution is -0.149. The summed E-state index contributed by atoms with van der Waals surface area (Å²) in [5.41, 5.74) is 0.473. The molecular formula is C12H14O5. The van der Waals surface area contributed by atoms with Gasteiger partial charge in [-0.2, -0.15) is 0 Å². The summed E-state index contributed by atoms with van der Waals surface area (Å²) < 4.78 is 15.1. The van der Waals surface area contributed by atoms with Crippen molar-refractivity contribution >= 4 is 11.9 Å². The van der Waals surface area contributed by atoms with Crippen molar-refractivity contribution in [2.75, 3.05) is 14.2 Å². The van der Waals surface area contributed by atoms with Gasteiger partial charge in [0.05, 0.1) is 25.9 Å². The first-order valence-corrected chi connectivity index (χ1v) is 5.61. The van der Waals surface area contributed by atoms with E-state index in [4.69, 9.17) is 14.2 Å². The average Bonchev–Trinajstić information content (AvgIpc) is 3.18. The molecule has 0 amide bonds. The van der Waals surface area contributed by atoms with E-state index < -0.39 is 11.4 Å². The molecule has 4 unspecified atom stereocenters. The molecule has 0 spiro atoms. The lowest BCUT2D eigenvalue weighted by Gasteiger charge is -2.21. The highest BCUT2D eigenvalue weighted by atomic mass is 16.6. The van der Waals surface area contributed by atoms with E-state index in [2.05, 4.69) is 0 Å². The molecule has 0 aromatic heterocycles. The summed E-state index contributed by atoms with van der Waals surface area (Å²) in [5.74, 6) is -0.710. The normalized spacial score (nSPS) is 41.2. The van der Waals surface area contributed by atoms with E-state index in [-0.39, 0.29) is 24.1 Å². The maximum Gasteiger partial charge on any atom is 0.334 e. The second kappa shape index (κ2) is 3.10. The van der Waals surface area contributed by atoms with Gasteiger partial charge in [-0.1, -0.05) is 0 Å². The summed E-state index contributed by atoms with van der Waals surface area (Å²) in [5, 5.41) is 0. The lowest BCUT2D eigenvalue weighted by Crippen LogP contribution is -2.33. The fourth-order valence-corrected chi connectivity index (χ4v) is 3.21. The molecule has 1 heterocycles. The monoisotopic (exact) mass is 238 g/mol. The van der Waals surface area contributed by atoms with Crippen LogP contribution < -0.4 is 0 Å². The second-order valence-corrected chi connectivity index (χ2v) is 4.84. The molecule has 0 bridgehead atoms. The molecule has 1 saturated heterocycles. The summed E-state index contributed by atoms with van der Waals surface area (Å²) in [4.78, 5) is 23.8. The van der Waals surface area contributed by atoms with Crippen LogP contribution in [-0.4, -0.2) is 38.4 Å². The van der Waals surface area contributed by atoms with Crippen LogP contribution in [0, 0.1) is 11.3 Å². The van der Waals surface area contributed by atoms with Gasteiger partial charge in [-0.05, 0) is 18.9 Å². The highest BCUT2D eigenvalue weighted by Crippen LogP contribution is 2.69. The van der Waals surface area contributed by atoms with Crippen molar-refractivity contribution in [1.82, 2.24) is 0 Å². The van der Waals surface area contributed by atoms with Gasteiger partial charge in [-0.15, -0.1) is 0 Å². The Labute approximate surface area is 98.7 Å². The Morgan fingerprint density at radius 2 is 2.06 bits per heavy atom. The zero-order valence-electron chi connectivity index (χ0n) is 9.98. The van der Waals surface area contributed by atoms with Gasteiger partial charge in [0.15, 0.2) is 0 Å². The standard InChI is InChI=1S/C12H14O5/c1-5-7(10(13)15-2)12(11(14)16-3)4-6(12)9-8(5)17-9/h6,8-9H,4H2,1-3H3. The SMILES string of the molecule is COC(=O)C1=C(C)C2OC2C2CC12C(=O)OC. The predicted octanol–water partition coefficient (Wildman–Crippen LogP) is 0.436. The molecule has 92 valence electrons. The Bertz CT molecular complexity index is 452. The number of hydrogen-bond donors (Lipinski definition) is 0. The largest absolute Gasteiger partial charge is 0.468 e. The number of methoxy groups -OCH3 is 2. The third kappa shape index (κ3) is 1.12. The van der Waals surface area contributed by atoms with Crippen molar-refractivity contribution in [3.8, 4) is 0 Å². The van der Waals surface area contributed by atoms with Crippen molar-refractivity contribution in [3.63, 3.8) is 0 Å². The molecule has 3 rings (SSSR count). The van der Waals surface area contributed by atoms with Crippen LogP contribution >= 0.6 is 0 Å². The van der Waals surface area contributed by atoms with E-state index >= 15 is 0 Å². The van der Waals surface area contributed by atoms with E-state index in [0.717, 1.165) is 5.57 Å². The summed E-state index contributed by atoms with van der Waals surface area (Å²) in [7, 11) is 2.67. The summed E-state index contributed by atoms with van der Waals surface area (Å²) >= 11 is 0. The lowest BCUT2D eigenvalue weighted by atomic mass is 9.82. The Morgan fingerprint density at radius 1 is 1.35 bits per heavy atom. The first kappa shape index (κ1) is 10.8. The number of fused-ring (bicyclic) bond motifs is 3. The van der Waals surface area contributed by atoms with Crippen molar-refractivity contribution < 1.29 is 23.8 Å². The van der Waals surface area contributed by atoms with Crippen LogP contribution in [0.5, 0.6) is 0 Å². The molecule has 17 heavy (non-hydrogen) atoms. The number of rotatable bonds is 2. The Kier molecular flexibility index (Phi) is 1.96. The molecule has 4 atom stereocenters. The number of esters is 2. The van der Waals surface area contributed by atoms with Crippen LogP contribution in [0.15, 0.2) is 11.1 Å². The van der Waals surface area contributed by atoms with Gasteiger partial charge < -0.3 is 14.2 Å². The van der Waals surface area contributed by atoms with Crippen molar-refractivity contribution in [2.45, 2.75) is 25.6 Å². The third-order valence-corrected chi connectivity index (χ3v) is 4.14. The number of carbonyl (C=O) groups excluding carboxylic acids is 2. The van der Waals surface area contributed by atoms with Gasteiger partial charge in [-0.3, -0.25) is 4.79 Å². The van der Waals surface area contributed by atoms with E-state index in [1.165, 1.54) is 14.2 Å².